The first-order chi connectivity index (χ1) is 10.7. The third-order valence-corrected chi connectivity index (χ3v) is 4.09. The number of carbonyl (C=O) groups excluding carboxylic acids is 1. The minimum absolute atomic E-state index is 0.303. The zero-order chi connectivity index (χ0) is 15.9. The van der Waals surface area contributed by atoms with E-state index in [1.54, 1.807) is 7.11 Å². The lowest BCUT2D eigenvalue weighted by Gasteiger charge is -2.23. The molecule has 0 fully saturated rings. The number of hydrogen-bond donors (Lipinski definition) is 0. The van der Waals surface area contributed by atoms with E-state index in [1.165, 1.54) is 35.5 Å². The molecule has 3 nitrogen and oxygen atoms in total. The average molecular weight is 300 g/mol. The Morgan fingerprint density at radius 2 is 2.09 bits per heavy atom. The second-order valence-corrected chi connectivity index (χ2v) is 5.49. The van der Waals surface area contributed by atoms with Gasteiger partial charge in [0.1, 0.15) is 5.75 Å². The van der Waals surface area contributed by atoms with Gasteiger partial charge in [-0.05, 0) is 60.1 Å². The Labute approximate surface area is 132 Å². The van der Waals surface area contributed by atoms with E-state index in [2.05, 4.69) is 19.1 Å². The van der Waals surface area contributed by atoms with Crippen LogP contribution in [0.5, 0.6) is 5.75 Å². The van der Waals surface area contributed by atoms with Crippen LogP contribution in [0.4, 0.5) is 0 Å². The Balaban J connectivity index is 2.38. The molecule has 1 aromatic carbocycles. The molecule has 3 heteroatoms. The summed E-state index contributed by atoms with van der Waals surface area (Å²) in [5.74, 6) is 0.602. The summed E-state index contributed by atoms with van der Waals surface area (Å²) in [7, 11) is 3.10. The van der Waals surface area contributed by atoms with Gasteiger partial charge in [-0.3, -0.25) is 0 Å². The number of fused-ring (bicyclic) bond motifs is 1. The first-order valence-electron chi connectivity index (χ1n) is 7.85. The largest absolute Gasteiger partial charge is 0.497 e. The van der Waals surface area contributed by atoms with Gasteiger partial charge in [0.05, 0.1) is 14.2 Å². The van der Waals surface area contributed by atoms with Gasteiger partial charge in [0.2, 0.25) is 0 Å². The van der Waals surface area contributed by atoms with Crippen LogP contribution in [0.25, 0.3) is 5.57 Å². The molecular weight excluding hydrogens is 276 g/mol. The number of aryl methyl sites for hydroxylation is 1. The quantitative estimate of drug-likeness (QED) is 0.580. The number of benzene rings is 1. The van der Waals surface area contributed by atoms with Crippen molar-refractivity contribution in [1.82, 2.24) is 0 Å². The maximum atomic E-state index is 11.4. The zero-order valence-corrected chi connectivity index (χ0v) is 13.6. The van der Waals surface area contributed by atoms with Crippen LogP contribution in [0.2, 0.25) is 0 Å². The number of carbonyl (C=O) groups is 1. The summed E-state index contributed by atoms with van der Waals surface area (Å²) >= 11 is 0. The van der Waals surface area contributed by atoms with Crippen LogP contribution in [0.15, 0.2) is 35.9 Å². The number of esters is 1. The smallest absolute Gasteiger partial charge is 0.330 e. The maximum Gasteiger partial charge on any atom is 0.330 e. The topological polar surface area (TPSA) is 35.5 Å². The van der Waals surface area contributed by atoms with Crippen molar-refractivity contribution in [3.05, 3.63) is 47.1 Å². The normalized spacial score (nSPS) is 14.1. The molecule has 0 radical (unpaired) electrons. The molecule has 0 aromatic heterocycles. The van der Waals surface area contributed by atoms with Gasteiger partial charge in [-0.15, -0.1) is 0 Å². The zero-order valence-electron chi connectivity index (χ0n) is 13.6. The fourth-order valence-electron chi connectivity index (χ4n) is 2.86. The third kappa shape index (κ3) is 3.79. The standard InChI is InChI=1S/C19H24O3/c1-4-5-6-17-14(9-12-19(20)22-3)7-8-15-13-16(21-2)10-11-18(15)17/h9-13H,4-8H2,1-3H3. The van der Waals surface area contributed by atoms with Crippen molar-refractivity contribution in [3.8, 4) is 5.75 Å². The van der Waals surface area contributed by atoms with Crippen molar-refractivity contribution in [3.63, 3.8) is 0 Å². The molecule has 0 bridgehead atoms. The summed E-state index contributed by atoms with van der Waals surface area (Å²) in [4.78, 5) is 11.4. The fraction of sp³-hybridized carbons (Fsp3) is 0.421. The Bertz CT molecular complexity index is 597. The van der Waals surface area contributed by atoms with Gasteiger partial charge < -0.3 is 9.47 Å². The third-order valence-electron chi connectivity index (χ3n) is 4.09. The summed E-state index contributed by atoms with van der Waals surface area (Å²) in [6.07, 6.45) is 8.71. The highest BCUT2D eigenvalue weighted by atomic mass is 16.5. The Morgan fingerprint density at radius 1 is 1.27 bits per heavy atom. The van der Waals surface area contributed by atoms with E-state index in [0.717, 1.165) is 37.9 Å². The Morgan fingerprint density at radius 3 is 2.77 bits per heavy atom. The summed E-state index contributed by atoms with van der Waals surface area (Å²) in [5, 5.41) is 0. The van der Waals surface area contributed by atoms with Crippen LogP contribution >= 0.6 is 0 Å². The molecule has 0 N–H and O–H groups in total. The van der Waals surface area contributed by atoms with Gasteiger partial charge in [-0.25, -0.2) is 4.79 Å². The van der Waals surface area contributed by atoms with Crippen LogP contribution in [-0.4, -0.2) is 20.2 Å². The van der Waals surface area contributed by atoms with Crippen molar-refractivity contribution in [2.75, 3.05) is 14.2 Å². The molecule has 1 aliphatic carbocycles. The highest BCUT2D eigenvalue weighted by Gasteiger charge is 2.18. The average Bonchev–Trinajstić information content (AvgIpc) is 2.57. The van der Waals surface area contributed by atoms with Crippen LogP contribution in [-0.2, 0) is 16.0 Å². The predicted molar refractivity (Wildman–Crippen MR) is 88.9 cm³/mol. The highest BCUT2D eigenvalue weighted by Crippen LogP contribution is 2.36. The van der Waals surface area contributed by atoms with E-state index in [-0.39, 0.29) is 5.97 Å². The molecule has 0 unspecified atom stereocenters. The molecular formula is C19H24O3. The van der Waals surface area contributed by atoms with E-state index in [0.29, 0.717) is 0 Å². The number of rotatable bonds is 6. The lowest BCUT2D eigenvalue weighted by Crippen LogP contribution is -2.05. The molecule has 1 aromatic rings. The molecule has 0 amide bonds. The maximum absolute atomic E-state index is 11.4. The van der Waals surface area contributed by atoms with Gasteiger partial charge in [0, 0.05) is 6.08 Å². The summed E-state index contributed by atoms with van der Waals surface area (Å²) < 4.78 is 10.0. The number of hydrogen-bond acceptors (Lipinski definition) is 3. The van der Waals surface area contributed by atoms with Gasteiger partial charge in [-0.2, -0.15) is 0 Å². The van der Waals surface area contributed by atoms with Crippen molar-refractivity contribution < 1.29 is 14.3 Å². The molecule has 118 valence electrons. The Hall–Kier alpha value is -2.03. The monoisotopic (exact) mass is 300 g/mol. The predicted octanol–water partition coefficient (Wildman–Crippen LogP) is 4.31. The number of methoxy groups -OCH3 is 2. The minimum atomic E-state index is -0.303. The molecule has 0 aliphatic heterocycles. The highest BCUT2D eigenvalue weighted by molar-refractivity contribution is 5.84. The van der Waals surface area contributed by atoms with Crippen molar-refractivity contribution in [2.45, 2.75) is 39.0 Å². The lowest BCUT2D eigenvalue weighted by atomic mass is 9.83. The fourth-order valence-corrected chi connectivity index (χ4v) is 2.86. The molecule has 0 saturated carbocycles. The lowest BCUT2D eigenvalue weighted by molar-refractivity contribution is -0.134. The molecule has 2 rings (SSSR count). The number of ether oxygens (including phenoxy) is 2. The minimum Gasteiger partial charge on any atom is -0.497 e. The van der Waals surface area contributed by atoms with Crippen molar-refractivity contribution >= 4 is 11.5 Å². The van der Waals surface area contributed by atoms with Gasteiger partial charge >= 0.3 is 5.97 Å². The molecule has 1 aliphatic rings. The Kier molecular flexibility index (Phi) is 5.82. The number of unbranched alkanes of at least 4 members (excludes halogenated alkanes) is 1. The summed E-state index contributed by atoms with van der Waals surface area (Å²) in [6.45, 7) is 2.20. The van der Waals surface area contributed by atoms with E-state index in [9.17, 15) is 4.79 Å². The first kappa shape index (κ1) is 16.3. The van der Waals surface area contributed by atoms with Crippen LogP contribution in [0.3, 0.4) is 0 Å². The van der Waals surface area contributed by atoms with E-state index >= 15 is 0 Å². The number of allylic oxidation sites excluding steroid dienone is 3. The molecule has 0 heterocycles. The second kappa shape index (κ2) is 7.83. The molecule has 22 heavy (non-hydrogen) atoms. The summed E-state index contributed by atoms with van der Waals surface area (Å²) in [6, 6.07) is 6.28. The SMILES string of the molecule is CCCCC1=C(C=CC(=O)OC)CCc2cc(OC)ccc21. The van der Waals surface area contributed by atoms with E-state index < -0.39 is 0 Å². The summed E-state index contributed by atoms with van der Waals surface area (Å²) in [5.41, 5.74) is 5.23. The van der Waals surface area contributed by atoms with Gasteiger partial charge in [-0.1, -0.05) is 25.5 Å². The van der Waals surface area contributed by atoms with Crippen molar-refractivity contribution in [2.24, 2.45) is 0 Å². The van der Waals surface area contributed by atoms with Crippen LogP contribution in [0, 0.1) is 0 Å². The molecule has 0 saturated heterocycles. The molecule has 0 spiro atoms. The van der Waals surface area contributed by atoms with E-state index in [4.69, 9.17) is 9.47 Å². The van der Waals surface area contributed by atoms with Crippen LogP contribution < -0.4 is 4.74 Å². The van der Waals surface area contributed by atoms with E-state index in [1.807, 2.05) is 12.1 Å². The van der Waals surface area contributed by atoms with Crippen LogP contribution in [0.1, 0.15) is 43.7 Å². The van der Waals surface area contributed by atoms with Crippen molar-refractivity contribution in [1.29, 1.82) is 0 Å². The second-order valence-electron chi connectivity index (χ2n) is 5.49. The van der Waals surface area contributed by atoms with Gasteiger partial charge in [0.15, 0.2) is 0 Å². The van der Waals surface area contributed by atoms with Gasteiger partial charge in [0.25, 0.3) is 0 Å². The molecule has 0 atom stereocenters. The first-order valence-corrected chi connectivity index (χ1v) is 7.85.